The fourth-order valence-corrected chi connectivity index (χ4v) is 4.68. The topological polar surface area (TPSA) is 71.0 Å². The molecule has 126 valence electrons. The Bertz CT molecular complexity index is 732. The van der Waals surface area contributed by atoms with E-state index in [1.54, 1.807) is 18.5 Å². The maximum atomic E-state index is 12.7. The number of hydrogen-bond donors (Lipinski definition) is 1. The Morgan fingerprint density at radius 1 is 1.25 bits per heavy atom. The lowest BCUT2D eigenvalue weighted by molar-refractivity contribution is 0.0918. The normalized spacial score (nSPS) is 23.9. The van der Waals surface area contributed by atoms with Gasteiger partial charge in [0, 0.05) is 31.0 Å². The largest absolute Gasteiger partial charge is 0.347 e. The van der Waals surface area contributed by atoms with E-state index in [2.05, 4.69) is 25.2 Å². The van der Waals surface area contributed by atoms with E-state index >= 15 is 0 Å². The minimum absolute atomic E-state index is 0.00963. The summed E-state index contributed by atoms with van der Waals surface area (Å²) in [6.45, 7) is 4.14. The standard InChI is InChI=1S/C17H21N5OS/c1-11-14(24-17(20-11)15-18-7-4-8-19-15)16(23)21-12-6-10-22-9-3-2-5-13(12)22/h4,7-8,12-13H,2-3,5-6,9-10H2,1H3,(H,21,23). The van der Waals surface area contributed by atoms with Gasteiger partial charge in [0.15, 0.2) is 10.8 Å². The van der Waals surface area contributed by atoms with Gasteiger partial charge in [0.05, 0.1) is 5.69 Å². The average molecular weight is 343 g/mol. The Morgan fingerprint density at radius 3 is 2.92 bits per heavy atom. The number of carbonyl (C=O) groups is 1. The van der Waals surface area contributed by atoms with E-state index < -0.39 is 0 Å². The van der Waals surface area contributed by atoms with Crippen LogP contribution >= 0.6 is 11.3 Å². The SMILES string of the molecule is Cc1nc(-c2ncccn2)sc1C(=O)NC1CCN2CCCCC12. The number of aromatic nitrogens is 3. The second-order valence-electron chi connectivity index (χ2n) is 6.47. The molecule has 4 heterocycles. The highest BCUT2D eigenvalue weighted by atomic mass is 32.1. The van der Waals surface area contributed by atoms with Crippen LogP contribution in [0.15, 0.2) is 18.5 Å². The summed E-state index contributed by atoms with van der Waals surface area (Å²) in [7, 11) is 0. The summed E-state index contributed by atoms with van der Waals surface area (Å²) >= 11 is 1.37. The Balaban J connectivity index is 1.50. The second-order valence-corrected chi connectivity index (χ2v) is 7.47. The summed E-state index contributed by atoms with van der Waals surface area (Å²) in [5.74, 6) is 0.563. The van der Waals surface area contributed by atoms with Gasteiger partial charge >= 0.3 is 0 Å². The minimum atomic E-state index is -0.00963. The lowest BCUT2D eigenvalue weighted by Crippen LogP contribution is -2.46. The number of nitrogens with zero attached hydrogens (tertiary/aromatic N) is 4. The van der Waals surface area contributed by atoms with Gasteiger partial charge in [-0.15, -0.1) is 11.3 Å². The maximum Gasteiger partial charge on any atom is 0.263 e. The van der Waals surface area contributed by atoms with Crippen LogP contribution in [0.25, 0.3) is 10.8 Å². The van der Waals surface area contributed by atoms with E-state index in [1.165, 1.54) is 37.1 Å². The molecule has 0 aromatic carbocycles. The van der Waals surface area contributed by atoms with Crippen LogP contribution in [-0.4, -0.2) is 50.9 Å². The number of hydrogen-bond acceptors (Lipinski definition) is 6. The summed E-state index contributed by atoms with van der Waals surface area (Å²) in [5, 5.41) is 3.95. The monoisotopic (exact) mass is 343 g/mol. The first kappa shape index (κ1) is 15.7. The van der Waals surface area contributed by atoms with Gasteiger partial charge in [-0.3, -0.25) is 9.69 Å². The predicted octanol–water partition coefficient (Wildman–Crippen LogP) is 2.27. The zero-order valence-electron chi connectivity index (χ0n) is 13.7. The lowest BCUT2D eigenvalue weighted by Gasteiger charge is -2.32. The number of fused-ring (bicyclic) bond motifs is 1. The summed E-state index contributed by atoms with van der Waals surface area (Å²) in [4.78, 5) is 28.9. The third-order valence-electron chi connectivity index (χ3n) is 4.93. The lowest BCUT2D eigenvalue weighted by atomic mass is 9.99. The van der Waals surface area contributed by atoms with E-state index in [1.807, 2.05) is 6.92 Å². The van der Waals surface area contributed by atoms with E-state index in [0.29, 0.717) is 21.8 Å². The predicted molar refractivity (Wildman–Crippen MR) is 93.0 cm³/mol. The van der Waals surface area contributed by atoms with Gasteiger partial charge in [0.1, 0.15) is 4.88 Å². The molecule has 7 heteroatoms. The van der Waals surface area contributed by atoms with Crippen molar-refractivity contribution in [2.75, 3.05) is 13.1 Å². The number of amides is 1. The van der Waals surface area contributed by atoms with Crippen molar-refractivity contribution in [3.05, 3.63) is 29.0 Å². The molecule has 2 unspecified atom stereocenters. The molecule has 0 radical (unpaired) electrons. The quantitative estimate of drug-likeness (QED) is 0.926. The van der Waals surface area contributed by atoms with Gasteiger partial charge in [0.2, 0.25) is 0 Å². The molecule has 2 atom stereocenters. The maximum absolute atomic E-state index is 12.7. The molecule has 1 N–H and O–H groups in total. The third-order valence-corrected chi connectivity index (χ3v) is 6.08. The number of aryl methyl sites for hydroxylation is 1. The van der Waals surface area contributed by atoms with Crippen LogP contribution in [0.1, 0.15) is 41.0 Å². The molecular weight excluding hydrogens is 322 g/mol. The van der Waals surface area contributed by atoms with Gasteiger partial charge < -0.3 is 5.32 Å². The van der Waals surface area contributed by atoms with Crippen LogP contribution in [0.3, 0.4) is 0 Å². The van der Waals surface area contributed by atoms with E-state index in [9.17, 15) is 4.79 Å². The van der Waals surface area contributed by atoms with E-state index in [4.69, 9.17) is 0 Å². The molecule has 2 aliphatic heterocycles. The number of carbonyl (C=O) groups excluding carboxylic acids is 1. The zero-order chi connectivity index (χ0) is 16.5. The first-order valence-electron chi connectivity index (χ1n) is 8.52. The molecule has 4 rings (SSSR count). The summed E-state index contributed by atoms with van der Waals surface area (Å²) in [5.41, 5.74) is 0.749. The van der Waals surface area contributed by atoms with Gasteiger partial charge in [-0.05, 0) is 38.8 Å². The molecule has 2 saturated heterocycles. The first-order valence-corrected chi connectivity index (χ1v) is 9.34. The fourth-order valence-electron chi connectivity index (χ4n) is 3.76. The van der Waals surface area contributed by atoms with Crippen molar-refractivity contribution in [2.24, 2.45) is 0 Å². The van der Waals surface area contributed by atoms with Crippen molar-refractivity contribution in [1.82, 2.24) is 25.2 Å². The van der Waals surface area contributed by atoms with Crippen molar-refractivity contribution < 1.29 is 4.79 Å². The Morgan fingerprint density at radius 2 is 2.08 bits per heavy atom. The molecule has 2 aliphatic rings. The zero-order valence-corrected chi connectivity index (χ0v) is 14.6. The molecular formula is C17H21N5OS. The van der Waals surface area contributed by atoms with Crippen molar-refractivity contribution in [3.63, 3.8) is 0 Å². The van der Waals surface area contributed by atoms with Crippen LogP contribution in [0, 0.1) is 6.92 Å². The molecule has 2 aromatic heterocycles. The molecule has 0 aliphatic carbocycles. The molecule has 2 aromatic rings. The van der Waals surface area contributed by atoms with Gasteiger partial charge in [-0.1, -0.05) is 6.42 Å². The van der Waals surface area contributed by atoms with Gasteiger partial charge in [-0.2, -0.15) is 0 Å². The van der Waals surface area contributed by atoms with Crippen LogP contribution in [-0.2, 0) is 0 Å². The van der Waals surface area contributed by atoms with Crippen LogP contribution in [0.5, 0.6) is 0 Å². The van der Waals surface area contributed by atoms with Crippen molar-refractivity contribution in [3.8, 4) is 10.8 Å². The van der Waals surface area contributed by atoms with Gasteiger partial charge in [0.25, 0.3) is 5.91 Å². The molecule has 6 nitrogen and oxygen atoms in total. The Labute approximate surface area is 145 Å². The number of nitrogens with one attached hydrogen (secondary N) is 1. The first-order chi connectivity index (χ1) is 11.7. The summed E-state index contributed by atoms with van der Waals surface area (Å²) in [6, 6.07) is 2.54. The van der Waals surface area contributed by atoms with Crippen molar-refractivity contribution >= 4 is 17.2 Å². The van der Waals surface area contributed by atoms with Crippen molar-refractivity contribution in [1.29, 1.82) is 0 Å². The third kappa shape index (κ3) is 2.93. The number of rotatable bonds is 3. The molecule has 0 saturated carbocycles. The van der Waals surface area contributed by atoms with Gasteiger partial charge in [-0.25, -0.2) is 15.0 Å². The van der Waals surface area contributed by atoms with Crippen LogP contribution < -0.4 is 5.32 Å². The van der Waals surface area contributed by atoms with Crippen LogP contribution in [0.2, 0.25) is 0 Å². The second kappa shape index (κ2) is 6.57. The highest BCUT2D eigenvalue weighted by Gasteiger charge is 2.36. The highest BCUT2D eigenvalue weighted by Crippen LogP contribution is 2.29. The molecule has 0 spiro atoms. The van der Waals surface area contributed by atoms with E-state index in [-0.39, 0.29) is 11.9 Å². The fraction of sp³-hybridized carbons (Fsp3) is 0.529. The Hall–Kier alpha value is -1.86. The summed E-state index contributed by atoms with van der Waals surface area (Å²) < 4.78 is 0. The van der Waals surface area contributed by atoms with Crippen molar-refractivity contribution in [2.45, 2.75) is 44.7 Å². The molecule has 1 amide bonds. The van der Waals surface area contributed by atoms with Crippen LogP contribution in [0.4, 0.5) is 0 Å². The average Bonchev–Trinajstić information content (AvgIpc) is 3.20. The smallest absolute Gasteiger partial charge is 0.263 e. The number of piperidine rings is 1. The minimum Gasteiger partial charge on any atom is -0.347 e. The highest BCUT2D eigenvalue weighted by molar-refractivity contribution is 7.17. The number of thiazole rings is 1. The van der Waals surface area contributed by atoms with E-state index in [0.717, 1.165) is 18.7 Å². The Kier molecular flexibility index (Phi) is 4.28. The molecule has 0 bridgehead atoms. The summed E-state index contributed by atoms with van der Waals surface area (Å²) in [6.07, 6.45) is 8.16. The molecule has 24 heavy (non-hydrogen) atoms. The molecule has 2 fully saturated rings.